The minimum Gasteiger partial charge on any atom is -0.397 e. The fourth-order valence-corrected chi connectivity index (χ4v) is 0.374. The zero-order valence-corrected chi connectivity index (χ0v) is 6.15. The maximum absolute atomic E-state index is 12.5. The van der Waals surface area contributed by atoms with E-state index < -0.39 is 5.83 Å². The molecule has 10 heavy (non-hydrogen) atoms. The largest absolute Gasteiger partial charge is 0.397 e. The standard InChI is InChI=1S/C8H12FN/c1-4-6(2)5-8(9)7(3)10/h5H,2-4,10H2,1H3/b8-5+. The fourth-order valence-electron chi connectivity index (χ4n) is 0.374. The molecule has 2 N–H and O–H groups in total. The fraction of sp³-hybridized carbons (Fsp3) is 0.250. The monoisotopic (exact) mass is 141 g/mol. The Morgan fingerprint density at radius 1 is 1.60 bits per heavy atom. The van der Waals surface area contributed by atoms with Crippen molar-refractivity contribution < 1.29 is 4.39 Å². The average Bonchev–Trinajstić information content (AvgIpc) is 1.87. The van der Waals surface area contributed by atoms with Gasteiger partial charge in [-0.05, 0) is 12.5 Å². The first kappa shape index (κ1) is 8.95. The Kier molecular flexibility index (Phi) is 3.47. The molecule has 0 rings (SSSR count). The highest BCUT2D eigenvalue weighted by Crippen LogP contribution is 2.08. The number of allylic oxidation sites excluding steroid dienone is 3. The Morgan fingerprint density at radius 3 is 2.40 bits per heavy atom. The average molecular weight is 141 g/mol. The number of hydrogen-bond donors (Lipinski definition) is 1. The van der Waals surface area contributed by atoms with Crippen LogP contribution in [0.15, 0.2) is 36.3 Å². The molecule has 0 aliphatic heterocycles. The third-order valence-electron chi connectivity index (χ3n) is 1.09. The van der Waals surface area contributed by atoms with Crippen molar-refractivity contribution in [2.24, 2.45) is 5.73 Å². The van der Waals surface area contributed by atoms with Crippen molar-refractivity contribution in [1.29, 1.82) is 0 Å². The molecule has 0 aromatic rings. The van der Waals surface area contributed by atoms with Crippen molar-refractivity contribution in [2.45, 2.75) is 13.3 Å². The van der Waals surface area contributed by atoms with E-state index in [0.717, 1.165) is 6.42 Å². The van der Waals surface area contributed by atoms with Crippen molar-refractivity contribution in [1.82, 2.24) is 0 Å². The van der Waals surface area contributed by atoms with Crippen LogP contribution in [0.4, 0.5) is 4.39 Å². The molecule has 0 saturated heterocycles. The molecule has 0 bridgehead atoms. The van der Waals surface area contributed by atoms with Crippen LogP contribution in [-0.4, -0.2) is 0 Å². The zero-order chi connectivity index (χ0) is 8.15. The Hall–Kier alpha value is -1.05. The Balaban J connectivity index is 4.16. The van der Waals surface area contributed by atoms with Crippen LogP contribution < -0.4 is 5.73 Å². The van der Waals surface area contributed by atoms with E-state index in [1.54, 1.807) is 0 Å². The Labute approximate surface area is 60.7 Å². The normalized spacial score (nSPS) is 11.2. The molecule has 0 aromatic carbocycles. The third kappa shape index (κ3) is 3.07. The van der Waals surface area contributed by atoms with Crippen molar-refractivity contribution in [3.8, 4) is 0 Å². The van der Waals surface area contributed by atoms with E-state index >= 15 is 0 Å². The van der Waals surface area contributed by atoms with Crippen LogP contribution in [0.25, 0.3) is 0 Å². The summed E-state index contributed by atoms with van der Waals surface area (Å²) in [5.41, 5.74) is 5.73. The van der Waals surface area contributed by atoms with Gasteiger partial charge in [0.05, 0.1) is 5.70 Å². The highest BCUT2D eigenvalue weighted by atomic mass is 19.1. The molecule has 56 valence electrons. The summed E-state index contributed by atoms with van der Waals surface area (Å²) in [6, 6.07) is 0. The number of rotatable bonds is 3. The molecule has 0 aromatic heterocycles. The van der Waals surface area contributed by atoms with Gasteiger partial charge in [0.2, 0.25) is 0 Å². The first-order valence-corrected chi connectivity index (χ1v) is 3.07. The van der Waals surface area contributed by atoms with Crippen molar-refractivity contribution in [2.75, 3.05) is 0 Å². The van der Waals surface area contributed by atoms with Gasteiger partial charge in [-0.3, -0.25) is 0 Å². The zero-order valence-electron chi connectivity index (χ0n) is 6.15. The lowest BCUT2D eigenvalue weighted by Crippen LogP contribution is -1.94. The summed E-state index contributed by atoms with van der Waals surface area (Å²) < 4.78 is 12.5. The lowest BCUT2D eigenvalue weighted by molar-refractivity contribution is 0.648. The third-order valence-corrected chi connectivity index (χ3v) is 1.09. The van der Waals surface area contributed by atoms with Gasteiger partial charge in [0, 0.05) is 0 Å². The van der Waals surface area contributed by atoms with Gasteiger partial charge in [0.25, 0.3) is 0 Å². The summed E-state index contributed by atoms with van der Waals surface area (Å²) in [7, 11) is 0. The molecule has 2 heteroatoms. The van der Waals surface area contributed by atoms with Crippen LogP contribution in [0, 0.1) is 0 Å². The maximum atomic E-state index is 12.5. The molecule has 0 amide bonds. The topological polar surface area (TPSA) is 26.0 Å². The van der Waals surface area contributed by atoms with Crippen LogP contribution in [-0.2, 0) is 0 Å². The van der Waals surface area contributed by atoms with E-state index in [0.29, 0.717) is 5.57 Å². The molecular formula is C8H12FN. The first-order valence-electron chi connectivity index (χ1n) is 3.07. The smallest absolute Gasteiger partial charge is 0.145 e. The van der Waals surface area contributed by atoms with Gasteiger partial charge >= 0.3 is 0 Å². The molecule has 0 saturated carbocycles. The summed E-state index contributed by atoms with van der Waals surface area (Å²) in [6.07, 6.45) is 2.02. The van der Waals surface area contributed by atoms with Gasteiger partial charge < -0.3 is 5.73 Å². The second-order valence-corrected chi connectivity index (χ2v) is 2.03. The minimum absolute atomic E-state index is 0.0467. The van der Waals surface area contributed by atoms with Crippen molar-refractivity contribution in [3.05, 3.63) is 36.3 Å². The van der Waals surface area contributed by atoms with Crippen LogP contribution in [0.2, 0.25) is 0 Å². The molecule has 0 aliphatic carbocycles. The molecular weight excluding hydrogens is 129 g/mol. The summed E-state index contributed by atoms with van der Waals surface area (Å²) >= 11 is 0. The van der Waals surface area contributed by atoms with Gasteiger partial charge in [-0.25, -0.2) is 4.39 Å². The van der Waals surface area contributed by atoms with Crippen molar-refractivity contribution in [3.63, 3.8) is 0 Å². The Bertz CT molecular complexity index is 180. The number of halogens is 1. The molecule has 0 atom stereocenters. The molecule has 0 heterocycles. The SMILES string of the molecule is C=C(/C=C(/F)C(=C)N)CC. The molecule has 0 fully saturated rings. The Morgan fingerprint density at radius 2 is 2.10 bits per heavy atom. The van der Waals surface area contributed by atoms with E-state index in [2.05, 4.69) is 13.2 Å². The summed E-state index contributed by atoms with van der Waals surface area (Å²) in [4.78, 5) is 0. The van der Waals surface area contributed by atoms with Gasteiger partial charge in [0.1, 0.15) is 5.83 Å². The summed E-state index contributed by atoms with van der Waals surface area (Å²) in [5, 5.41) is 0. The quantitative estimate of drug-likeness (QED) is 0.599. The van der Waals surface area contributed by atoms with E-state index in [1.807, 2.05) is 6.92 Å². The maximum Gasteiger partial charge on any atom is 0.145 e. The number of hydrogen-bond acceptors (Lipinski definition) is 1. The molecule has 0 radical (unpaired) electrons. The minimum atomic E-state index is -0.494. The number of nitrogens with two attached hydrogens (primary N) is 1. The molecule has 1 nitrogen and oxygen atoms in total. The van der Waals surface area contributed by atoms with Gasteiger partial charge in [0.15, 0.2) is 0 Å². The van der Waals surface area contributed by atoms with Crippen LogP contribution in [0.3, 0.4) is 0 Å². The predicted molar refractivity (Wildman–Crippen MR) is 41.9 cm³/mol. The lowest BCUT2D eigenvalue weighted by atomic mass is 10.2. The van der Waals surface area contributed by atoms with Crippen LogP contribution >= 0.6 is 0 Å². The second kappa shape index (κ2) is 3.88. The van der Waals surface area contributed by atoms with E-state index in [1.165, 1.54) is 6.08 Å². The van der Waals surface area contributed by atoms with E-state index in [9.17, 15) is 4.39 Å². The van der Waals surface area contributed by atoms with Crippen LogP contribution in [0.1, 0.15) is 13.3 Å². The van der Waals surface area contributed by atoms with Gasteiger partial charge in [-0.15, -0.1) is 0 Å². The first-order chi connectivity index (χ1) is 4.57. The highest BCUT2D eigenvalue weighted by molar-refractivity contribution is 5.27. The van der Waals surface area contributed by atoms with E-state index in [-0.39, 0.29) is 5.70 Å². The molecule has 0 aliphatic rings. The lowest BCUT2D eigenvalue weighted by Gasteiger charge is -1.95. The van der Waals surface area contributed by atoms with Crippen LogP contribution in [0.5, 0.6) is 0 Å². The summed E-state index contributed by atoms with van der Waals surface area (Å²) in [5.74, 6) is -0.494. The molecule has 0 spiro atoms. The molecule has 0 unspecified atom stereocenters. The van der Waals surface area contributed by atoms with E-state index in [4.69, 9.17) is 5.73 Å². The second-order valence-electron chi connectivity index (χ2n) is 2.03. The van der Waals surface area contributed by atoms with Gasteiger partial charge in [-0.2, -0.15) is 0 Å². The van der Waals surface area contributed by atoms with Gasteiger partial charge in [-0.1, -0.05) is 25.7 Å². The predicted octanol–water partition coefficient (Wildman–Crippen LogP) is 2.28. The summed E-state index contributed by atoms with van der Waals surface area (Å²) in [6.45, 7) is 8.71. The van der Waals surface area contributed by atoms with Crippen molar-refractivity contribution >= 4 is 0 Å². The highest BCUT2D eigenvalue weighted by Gasteiger charge is 1.94.